The fourth-order valence-corrected chi connectivity index (χ4v) is 3.00. The number of hydrogen-bond donors (Lipinski definition) is 1. The molecule has 2 aromatic carbocycles. The molecule has 0 radical (unpaired) electrons. The van der Waals surface area contributed by atoms with Crippen molar-refractivity contribution in [2.75, 3.05) is 0 Å². The number of fused-ring (bicyclic) bond motifs is 1. The van der Waals surface area contributed by atoms with Gasteiger partial charge in [-0.1, -0.05) is 55.5 Å². The highest BCUT2D eigenvalue weighted by Gasteiger charge is 2.20. The Balaban J connectivity index is 1.86. The molecule has 1 N–H and O–H groups in total. The van der Waals surface area contributed by atoms with Crippen LogP contribution >= 0.6 is 0 Å². The molecule has 98 valence electrons. The average molecular weight is 252 g/mol. The molecule has 0 saturated heterocycles. The monoisotopic (exact) mass is 252 g/mol. The van der Waals surface area contributed by atoms with Crippen LogP contribution in [-0.2, 0) is 12.8 Å². The second-order valence-corrected chi connectivity index (χ2v) is 5.53. The molecule has 1 aliphatic rings. The van der Waals surface area contributed by atoms with E-state index in [1.807, 2.05) is 18.2 Å². The number of benzene rings is 2. The van der Waals surface area contributed by atoms with E-state index in [9.17, 15) is 5.11 Å². The Bertz CT molecular complexity index is 559. The van der Waals surface area contributed by atoms with Crippen LogP contribution in [0.25, 0.3) is 0 Å². The summed E-state index contributed by atoms with van der Waals surface area (Å²) in [6.07, 6.45) is 3.19. The lowest BCUT2D eigenvalue weighted by molar-refractivity contribution is 0.151. The molecule has 0 fully saturated rings. The van der Waals surface area contributed by atoms with E-state index < -0.39 is 6.10 Å². The van der Waals surface area contributed by atoms with Crippen LogP contribution in [0.1, 0.15) is 47.6 Å². The van der Waals surface area contributed by atoms with E-state index in [0.29, 0.717) is 0 Å². The van der Waals surface area contributed by atoms with Gasteiger partial charge in [0.2, 0.25) is 0 Å². The summed E-state index contributed by atoms with van der Waals surface area (Å²) in [5.41, 5.74) is 5.13. The third-order valence-corrected chi connectivity index (χ3v) is 4.26. The maximum Gasteiger partial charge on any atom is 0.0855 e. The van der Waals surface area contributed by atoms with E-state index in [0.717, 1.165) is 12.0 Å². The van der Waals surface area contributed by atoms with Gasteiger partial charge in [-0.25, -0.2) is 0 Å². The lowest BCUT2D eigenvalue weighted by atomic mass is 9.89. The summed E-state index contributed by atoms with van der Waals surface area (Å²) in [5.74, 6) is 0.126. The van der Waals surface area contributed by atoms with E-state index in [4.69, 9.17) is 0 Å². The summed E-state index contributed by atoms with van der Waals surface area (Å²) in [6, 6.07) is 16.7. The van der Waals surface area contributed by atoms with Gasteiger partial charge in [0.05, 0.1) is 6.10 Å². The first-order chi connectivity index (χ1) is 9.25. The van der Waals surface area contributed by atoms with Gasteiger partial charge in [0.15, 0.2) is 0 Å². The molecule has 0 amide bonds. The van der Waals surface area contributed by atoms with Crippen LogP contribution in [0, 0.1) is 0 Å². The van der Waals surface area contributed by atoms with Gasteiger partial charge in [-0.05, 0) is 41.5 Å². The van der Waals surface area contributed by atoms with Gasteiger partial charge in [0.25, 0.3) is 0 Å². The van der Waals surface area contributed by atoms with Crippen molar-refractivity contribution in [2.24, 2.45) is 0 Å². The minimum atomic E-state index is -0.423. The van der Waals surface area contributed by atoms with Gasteiger partial charge in [0, 0.05) is 5.92 Å². The molecule has 0 aliphatic heterocycles. The Hall–Kier alpha value is -1.60. The third kappa shape index (κ3) is 2.43. The Labute approximate surface area is 114 Å². The number of rotatable bonds is 3. The molecule has 0 heterocycles. The number of aryl methyl sites for hydroxylation is 2. The van der Waals surface area contributed by atoms with Gasteiger partial charge < -0.3 is 5.11 Å². The van der Waals surface area contributed by atoms with Crippen LogP contribution in [-0.4, -0.2) is 5.11 Å². The first-order valence-electron chi connectivity index (χ1n) is 7.10. The molecule has 0 aromatic heterocycles. The first kappa shape index (κ1) is 12.4. The Kier molecular flexibility index (Phi) is 3.39. The van der Waals surface area contributed by atoms with Crippen LogP contribution < -0.4 is 0 Å². The summed E-state index contributed by atoms with van der Waals surface area (Å²) in [5, 5.41) is 10.6. The molecule has 2 atom stereocenters. The smallest absolute Gasteiger partial charge is 0.0855 e. The summed E-state index contributed by atoms with van der Waals surface area (Å²) >= 11 is 0. The molecular formula is C18H20O. The third-order valence-electron chi connectivity index (χ3n) is 4.26. The topological polar surface area (TPSA) is 20.2 Å². The molecule has 1 aliphatic carbocycles. The lowest BCUT2D eigenvalue weighted by Gasteiger charge is -2.20. The van der Waals surface area contributed by atoms with Crippen molar-refractivity contribution in [2.45, 2.75) is 38.2 Å². The van der Waals surface area contributed by atoms with Crippen LogP contribution in [0.3, 0.4) is 0 Å². The molecule has 2 aromatic rings. The van der Waals surface area contributed by atoms with E-state index in [1.54, 1.807) is 0 Å². The molecule has 1 nitrogen and oxygen atoms in total. The van der Waals surface area contributed by atoms with Crippen molar-refractivity contribution in [3.05, 3.63) is 70.8 Å². The zero-order valence-corrected chi connectivity index (χ0v) is 11.3. The zero-order valence-electron chi connectivity index (χ0n) is 11.3. The molecule has 19 heavy (non-hydrogen) atoms. The standard InChI is InChI=1S/C18H20O/c1-13(14-6-3-2-4-7-14)18(19)17-11-10-15-8-5-9-16(15)12-17/h2-4,6-7,10-13,18-19H,5,8-9H2,1H3. The van der Waals surface area contributed by atoms with Crippen molar-refractivity contribution in [1.82, 2.24) is 0 Å². The Morgan fingerprint density at radius 2 is 1.63 bits per heavy atom. The highest BCUT2D eigenvalue weighted by Crippen LogP contribution is 2.33. The fraction of sp³-hybridized carbons (Fsp3) is 0.333. The predicted molar refractivity (Wildman–Crippen MR) is 78.3 cm³/mol. The molecule has 0 bridgehead atoms. The van der Waals surface area contributed by atoms with Crippen LogP contribution in [0.15, 0.2) is 48.5 Å². The molecule has 3 rings (SSSR count). The van der Waals surface area contributed by atoms with E-state index in [2.05, 4.69) is 37.3 Å². The number of aliphatic hydroxyl groups excluding tert-OH is 1. The normalized spacial score (nSPS) is 16.9. The quantitative estimate of drug-likeness (QED) is 0.875. The summed E-state index contributed by atoms with van der Waals surface area (Å²) in [7, 11) is 0. The second kappa shape index (κ2) is 5.18. The average Bonchev–Trinajstić information content (AvgIpc) is 2.94. The number of aliphatic hydroxyl groups is 1. The van der Waals surface area contributed by atoms with Gasteiger partial charge in [-0.3, -0.25) is 0 Å². The summed E-state index contributed by atoms with van der Waals surface area (Å²) < 4.78 is 0. The molecule has 1 heteroatoms. The van der Waals surface area contributed by atoms with E-state index >= 15 is 0 Å². The molecule has 2 unspecified atom stereocenters. The van der Waals surface area contributed by atoms with Crippen molar-refractivity contribution in [3.63, 3.8) is 0 Å². The molecule has 0 spiro atoms. The second-order valence-electron chi connectivity index (χ2n) is 5.53. The molecule has 0 saturated carbocycles. The van der Waals surface area contributed by atoms with Gasteiger partial charge in [0.1, 0.15) is 0 Å². The molecular weight excluding hydrogens is 232 g/mol. The van der Waals surface area contributed by atoms with Gasteiger partial charge >= 0.3 is 0 Å². The van der Waals surface area contributed by atoms with Gasteiger partial charge in [-0.2, -0.15) is 0 Å². The number of hydrogen-bond acceptors (Lipinski definition) is 1. The highest BCUT2D eigenvalue weighted by atomic mass is 16.3. The van der Waals surface area contributed by atoms with Gasteiger partial charge in [-0.15, -0.1) is 0 Å². The maximum absolute atomic E-state index is 10.6. The van der Waals surface area contributed by atoms with Crippen molar-refractivity contribution in [3.8, 4) is 0 Å². The minimum Gasteiger partial charge on any atom is -0.388 e. The maximum atomic E-state index is 10.6. The largest absolute Gasteiger partial charge is 0.388 e. The minimum absolute atomic E-state index is 0.126. The first-order valence-corrected chi connectivity index (χ1v) is 7.10. The fourth-order valence-electron chi connectivity index (χ4n) is 3.00. The van der Waals surface area contributed by atoms with Crippen molar-refractivity contribution < 1.29 is 5.11 Å². The van der Waals surface area contributed by atoms with Crippen LogP contribution in [0.2, 0.25) is 0 Å². The summed E-state index contributed by atoms with van der Waals surface area (Å²) in [4.78, 5) is 0. The predicted octanol–water partition coefficient (Wildman–Crippen LogP) is 4.01. The lowest BCUT2D eigenvalue weighted by Crippen LogP contribution is -2.08. The van der Waals surface area contributed by atoms with E-state index in [1.165, 1.54) is 29.5 Å². The van der Waals surface area contributed by atoms with E-state index in [-0.39, 0.29) is 5.92 Å². The van der Waals surface area contributed by atoms with Crippen molar-refractivity contribution in [1.29, 1.82) is 0 Å². The SMILES string of the molecule is CC(c1ccccc1)C(O)c1ccc2c(c1)CCC2. The van der Waals surface area contributed by atoms with Crippen LogP contribution in [0.4, 0.5) is 0 Å². The zero-order chi connectivity index (χ0) is 13.2. The highest BCUT2D eigenvalue weighted by molar-refractivity contribution is 5.37. The Morgan fingerprint density at radius 1 is 0.895 bits per heavy atom. The van der Waals surface area contributed by atoms with Crippen LogP contribution in [0.5, 0.6) is 0 Å². The Morgan fingerprint density at radius 3 is 2.42 bits per heavy atom. The van der Waals surface area contributed by atoms with Crippen molar-refractivity contribution >= 4 is 0 Å². The summed E-state index contributed by atoms with van der Waals surface area (Å²) in [6.45, 7) is 2.09.